The number of nitrogen functional groups attached to an aromatic ring is 1. The van der Waals surface area contributed by atoms with Crippen LogP contribution in [0.3, 0.4) is 0 Å². The van der Waals surface area contributed by atoms with Gasteiger partial charge in [0.25, 0.3) is 0 Å². The highest BCUT2D eigenvalue weighted by molar-refractivity contribution is 5.79. The van der Waals surface area contributed by atoms with Crippen molar-refractivity contribution in [2.75, 3.05) is 5.73 Å². The van der Waals surface area contributed by atoms with Gasteiger partial charge in [-0.2, -0.15) is 0 Å². The minimum absolute atomic E-state index is 0.279. The summed E-state index contributed by atoms with van der Waals surface area (Å²) in [5.41, 5.74) is 15.7. The highest BCUT2D eigenvalue weighted by Crippen LogP contribution is 2.25. The second-order valence-corrected chi connectivity index (χ2v) is 4.44. The average Bonchev–Trinajstić information content (AvgIpc) is 2.46. The van der Waals surface area contributed by atoms with Gasteiger partial charge in [0.2, 0.25) is 0 Å². The first kappa shape index (κ1) is 11.6. The van der Waals surface area contributed by atoms with Crippen LogP contribution in [0.4, 0.5) is 5.69 Å². The molecule has 1 aromatic carbocycles. The third-order valence-electron chi connectivity index (χ3n) is 3.21. The van der Waals surface area contributed by atoms with Crippen molar-refractivity contribution in [2.24, 2.45) is 5.73 Å². The first-order valence-corrected chi connectivity index (χ1v) is 6.05. The Morgan fingerprint density at radius 3 is 2.79 bits per heavy atom. The lowest BCUT2D eigenvalue weighted by Crippen LogP contribution is -2.14. The van der Waals surface area contributed by atoms with E-state index in [0.29, 0.717) is 5.69 Å². The molecule has 3 aromatic rings. The average molecular weight is 250 g/mol. The predicted octanol–water partition coefficient (Wildman–Crippen LogP) is 2.26. The van der Waals surface area contributed by atoms with Gasteiger partial charge in [-0.25, -0.2) is 0 Å². The highest BCUT2D eigenvalue weighted by atomic mass is 14.7. The van der Waals surface area contributed by atoms with Gasteiger partial charge in [-0.3, -0.25) is 9.97 Å². The molecule has 3 rings (SSSR count). The van der Waals surface area contributed by atoms with E-state index >= 15 is 0 Å². The third-order valence-corrected chi connectivity index (χ3v) is 3.21. The molecule has 0 spiro atoms. The number of nitrogens with zero attached hydrogens (tertiary/aromatic N) is 2. The van der Waals surface area contributed by atoms with Crippen molar-refractivity contribution >= 4 is 16.6 Å². The number of hydrogen-bond acceptors (Lipinski definition) is 4. The summed E-state index contributed by atoms with van der Waals surface area (Å²) >= 11 is 0. The fraction of sp³-hybridized carbons (Fsp3) is 0.0667. The summed E-state index contributed by atoms with van der Waals surface area (Å²) in [5, 5.41) is 1.07. The van der Waals surface area contributed by atoms with Gasteiger partial charge in [-0.05, 0) is 29.8 Å². The Bertz CT molecular complexity index is 724. The molecular formula is C15H14N4. The molecule has 4 nitrogen and oxygen atoms in total. The number of hydrogen-bond donors (Lipinski definition) is 2. The summed E-state index contributed by atoms with van der Waals surface area (Å²) in [6.45, 7) is 0. The van der Waals surface area contributed by atoms with Gasteiger partial charge in [-0.1, -0.05) is 12.1 Å². The number of anilines is 1. The van der Waals surface area contributed by atoms with E-state index in [1.54, 1.807) is 24.7 Å². The molecule has 0 saturated carbocycles. The van der Waals surface area contributed by atoms with E-state index in [-0.39, 0.29) is 6.04 Å². The molecule has 0 aliphatic heterocycles. The molecule has 4 heteroatoms. The summed E-state index contributed by atoms with van der Waals surface area (Å²) in [4.78, 5) is 8.38. The summed E-state index contributed by atoms with van der Waals surface area (Å²) < 4.78 is 0. The second-order valence-electron chi connectivity index (χ2n) is 4.44. The zero-order valence-corrected chi connectivity index (χ0v) is 10.3. The summed E-state index contributed by atoms with van der Waals surface area (Å²) in [6.07, 6.45) is 5.16. The lowest BCUT2D eigenvalue weighted by molar-refractivity contribution is 0.868. The number of fused-ring (bicyclic) bond motifs is 1. The molecule has 0 aliphatic carbocycles. The molecule has 1 unspecified atom stereocenters. The maximum absolute atomic E-state index is 6.27. The number of aromatic nitrogens is 2. The van der Waals surface area contributed by atoms with Crippen LogP contribution >= 0.6 is 0 Å². The van der Waals surface area contributed by atoms with Crippen LogP contribution in [0.15, 0.2) is 55.0 Å². The molecule has 4 N–H and O–H groups in total. The van der Waals surface area contributed by atoms with Crippen LogP contribution in [0.2, 0.25) is 0 Å². The van der Waals surface area contributed by atoms with Crippen molar-refractivity contribution in [3.8, 4) is 0 Å². The normalized spacial score (nSPS) is 12.5. The SMILES string of the molecule is Nc1ccncc1C(N)c1ccc2ncccc2c1. The van der Waals surface area contributed by atoms with E-state index in [1.807, 2.05) is 30.3 Å². The van der Waals surface area contributed by atoms with Crippen molar-refractivity contribution < 1.29 is 0 Å². The fourth-order valence-electron chi connectivity index (χ4n) is 2.14. The lowest BCUT2D eigenvalue weighted by atomic mass is 9.98. The van der Waals surface area contributed by atoms with Crippen molar-refractivity contribution in [2.45, 2.75) is 6.04 Å². The molecular weight excluding hydrogens is 236 g/mol. The maximum Gasteiger partial charge on any atom is 0.0702 e. The molecule has 1 atom stereocenters. The van der Waals surface area contributed by atoms with Crippen molar-refractivity contribution in [3.63, 3.8) is 0 Å². The van der Waals surface area contributed by atoms with E-state index in [1.165, 1.54) is 0 Å². The Kier molecular flexibility index (Phi) is 2.85. The number of pyridine rings is 2. The van der Waals surface area contributed by atoms with Gasteiger partial charge in [0.05, 0.1) is 11.6 Å². The van der Waals surface area contributed by atoms with Crippen LogP contribution in [0.5, 0.6) is 0 Å². The quantitative estimate of drug-likeness (QED) is 0.731. The van der Waals surface area contributed by atoms with Gasteiger partial charge >= 0.3 is 0 Å². The second kappa shape index (κ2) is 4.66. The molecule has 0 radical (unpaired) electrons. The van der Waals surface area contributed by atoms with Crippen molar-refractivity contribution in [1.29, 1.82) is 0 Å². The predicted molar refractivity (Wildman–Crippen MR) is 76.4 cm³/mol. The van der Waals surface area contributed by atoms with Crippen LogP contribution < -0.4 is 11.5 Å². The molecule has 2 heterocycles. The molecule has 0 fully saturated rings. The minimum Gasteiger partial charge on any atom is -0.398 e. The maximum atomic E-state index is 6.27. The minimum atomic E-state index is -0.279. The van der Waals surface area contributed by atoms with Crippen LogP contribution in [0.1, 0.15) is 17.2 Å². The summed E-state index contributed by atoms with van der Waals surface area (Å²) in [5.74, 6) is 0. The van der Waals surface area contributed by atoms with Gasteiger partial charge in [0.15, 0.2) is 0 Å². The van der Waals surface area contributed by atoms with E-state index in [4.69, 9.17) is 11.5 Å². The number of nitrogens with two attached hydrogens (primary N) is 2. The topological polar surface area (TPSA) is 77.8 Å². The van der Waals surface area contributed by atoms with E-state index < -0.39 is 0 Å². The summed E-state index contributed by atoms with van der Waals surface area (Å²) in [7, 11) is 0. The Hall–Kier alpha value is -2.46. The number of benzene rings is 1. The van der Waals surface area contributed by atoms with Gasteiger partial charge in [-0.15, -0.1) is 0 Å². The van der Waals surface area contributed by atoms with E-state index in [2.05, 4.69) is 9.97 Å². The molecule has 2 aromatic heterocycles. The monoisotopic (exact) mass is 250 g/mol. The third kappa shape index (κ3) is 2.13. The summed E-state index contributed by atoms with van der Waals surface area (Å²) in [6, 6.07) is 11.4. The molecule has 0 amide bonds. The van der Waals surface area contributed by atoms with Crippen molar-refractivity contribution in [3.05, 3.63) is 66.1 Å². The van der Waals surface area contributed by atoms with E-state index in [9.17, 15) is 0 Å². The largest absolute Gasteiger partial charge is 0.398 e. The van der Waals surface area contributed by atoms with Crippen LogP contribution in [-0.4, -0.2) is 9.97 Å². The first-order chi connectivity index (χ1) is 9.25. The Morgan fingerprint density at radius 2 is 1.95 bits per heavy atom. The fourth-order valence-corrected chi connectivity index (χ4v) is 2.14. The van der Waals surface area contributed by atoms with Crippen LogP contribution in [-0.2, 0) is 0 Å². The van der Waals surface area contributed by atoms with Crippen LogP contribution in [0.25, 0.3) is 10.9 Å². The van der Waals surface area contributed by atoms with Gasteiger partial charge in [0, 0.05) is 35.2 Å². The van der Waals surface area contributed by atoms with E-state index in [0.717, 1.165) is 22.0 Å². The Morgan fingerprint density at radius 1 is 1.05 bits per heavy atom. The Balaban J connectivity index is 2.07. The van der Waals surface area contributed by atoms with Gasteiger partial charge in [0.1, 0.15) is 0 Å². The molecule has 0 aliphatic rings. The molecule has 94 valence electrons. The zero-order chi connectivity index (χ0) is 13.2. The van der Waals surface area contributed by atoms with Crippen LogP contribution in [0, 0.1) is 0 Å². The number of rotatable bonds is 2. The smallest absolute Gasteiger partial charge is 0.0702 e. The van der Waals surface area contributed by atoms with Gasteiger partial charge < -0.3 is 11.5 Å². The Labute approximate surface area is 111 Å². The molecule has 0 saturated heterocycles. The van der Waals surface area contributed by atoms with Crippen molar-refractivity contribution in [1.82, 2.24) is 9.97 Å². The zero-order valence-electron chi connectivity index (χ0n) is 10.3. The molecule has 0 bridgehead atoms. The lowest BCUT2D eigenvalue weighted by Gasteiger charge is -2.14. The molecule has 19 heavy (non-hydrogen) atoms. The highest BCUT2D eigenvalue weighted by Gasteiger charge is 2.12. The standard InChI is InChI=1S/C15H14N4/c16-13-5-7-18-9-12(13)15(17)11-3-4-14-10(8-11)2-1-6-19-14/h1-9,15H,17H2,(H2,16,18). The first-order valence-electron chi connectivity index (χ1n) is 6.05.